The van der Waals surface area contributed by atoms with Gasteiger partial charge in [0.15, 0.2) is 5.82 Å². The smallest absolute Gasteiger partial charge is 0.256 e. The average molecular weight is 981 g/mol. The Morgan fingerprint density at radius 2 is 1.78 bits per heavy atom. The molecule has 4 aliphatic rings. The normalized spacial score (nSPS) is 18.9. The van der Waals surface area contributed by atoms with E-state index in [1.165, 1.54) is 40.6 Å². The summed E-state index contributed by atoms with van der Waals surface area (Å²) >= 11 is 8.33. The minimum absolute atomic E-state index is 0.0304. The molecule has 69 heavy (non-hydrogen) atoms. The number of rotatable bonds is 17. The summed E-state index contributed by atoms with van der Waals surface area (Å²) in [7, 11) is 1.62. The van der Waals surface area contributed by atoms with Crippen molar-refractivity contribution < 1.29 is 42.2 Å². The number of pyridine rings is 1. The number of hydrogen-bond donors (Lipinski definition) is 2. The molecule has 5 amide bonds. The fourth-order valence-electron chi connectivity index (χ4n) is 9.76. The number of hydrogen-bond acceptors (Lipinski definition) is 11. The molecule has 4 aliphatic heterocycles. The van der Waals surface area contributed by atoms with Gasteiger partial charge in [0.05, 0.1) is 46.9 Å². The van der Waals surface area contributed by atoms with Gasteiger partial charge in [0.2, 0.25) is 17.7 Å². The minimum atomic E-state index is -0.809. The first-order chi connectivity index (χ1) is 33.3. The number of piperazine rings is 1. The van der Waals surface area contributed by atoms with E-state index in [2.05, 4.69) is 22.2 Å². The summed E-state index contributed by atoms with van der Waals surface area (Å²) < 4.78 is 44.6. The zero-order valence-electron chi connectivity index (χ0n) is 38.3. The topological polar surface area (TPSA) is 154 Å². The molecule has 2 saturated heterocycles. The molecular formula is C51H52ClF2N7O7S. The zero-order valence-corrected chi connectivity index (χ0v) is 39.9. The van der Waals surface area contributed by atoms with Crippen molar-refractivity contribution >= 4 is 74.8 Å². The second kappa shape index (κ2) is 20.3. The maximum absolute atomic E-state index is 16.8. The van der Waals surface area contributed by atoms with Crippen LogP contribution in [0.1, 0.15) is 78.2 Å². The van der Waals surface area contributed by atoms with Gasteiger partial charge in [-0.15, -0.1) is 11.3 Å². The predicted molar refractivity (Wildman–Crippen MR) is 259 cm³/mol. The number of nitrogens with one attached hydrogen (secondary N) is 2. The van der Waals surface area contributed by atoms with Crippen LogP contribution in [-0.4, -0.2) is 95.7 Å². The van der Waals surface area contributed by atoms with E-state index in [4.69, 9.17) is 21.1 Å². The Kier molecular flexibility index (Phi) is 14.0. The number of imide groups is 1. The molecule has 0 aliphatic carbocycles. The highest BCUT2D eigenvalue weighted by Crippen LogP contribution is 2.47. The van der Waals surface area contributed by atoms with E-state index in [1.54, 1.807) is 29.0 Å². The number of piperidine rings is 1. The van der Waals surface area contributed by atoms with E-state index in [0.29, 0.717) is 73.8 Å². The van der Waals surface area contributed by atoms with Crippen LogP contribution < -0.4 is 29.9 Å². The monoisotopic (exact) mass is 979 g/mol. The standard InChI is InChI=1S/C51H52ClF2N7O7S/c1-4-43(63)59-26-39-51(66)58(3)38-23-56-47-32(48(38)60(39)24-29(59)2)21-35(52)44(46(47)54)45-36(53)11-10-12-40(45)67-20-9-7-5-6-8-19-55-22-30-13-15-31(16-14-30)68-27-41-33-25-61(50(65)34(33)28-69-41)37-17-18-42(62)57-49(37)64/h4,10-16,21,23,28-29,37,39,55H,1,5-9,17-20,22,24-27H2,2-3H3,(H,57,62,64)/t29-,37?,39-/m1/s1. The molecule has 360 valence electrons. The molecule has 14 nitrogen and oxygen atoms in total. The Hall–Kier alpha value is -6.43. The molecule has 0 saturated carbocycles. The highest BCUT2D eigenvalue weighted by molar-refractivity contribution is 7.10. The number of aromatic nitrogens is 1. The second-order valence-corrected chi connectivity index (χ2v) is 19.2. The van der Waals surface area contributed by atoms with Gasteiger partial charge in [0.1, 0.15) is 41.5 Å². The van der Waals surface area contributed by atoms with Crippen LogP contribution in [0.25, 0.3) is 22.0 Å². The predicted octanol–water partition coefficient (Wildman–Crippen LogP) is 7.92. The first-order valence-electron chi connectivity index (χ1n) is 23.2. The lowest BCUT2D eigenvalue weighted by Crippen LogP contribution is -2.65. The first-order valence-corrected chi connectivity index (χ1v) is 24.5. The summed E-state index contributed by atoms with van der Waals surface area (Å²) in [6.45, 7) is 8.38. The molecule has 18 heteroatoms. The van der Waals surface area contributed by atoms with Gasteiger partial charge in [-0.1, -0.05) is 55.6 Å². The first kappa shape index (κ1) is 47.6. The number of thiophene rings is 1. The third-order valence-electron chi connectivity index (χ3n) is 13.5. The van der Waals surface area contributed by atoms with Gasteiger partial charge >= 0.3 is 0 Å². The number of amides is 5. The van der Waals surface area contributed by atoms with E-state index in [1.807, 2.05) is 41.5 Å². The van der Waals surface area contributed by atoms with E-state index >= 15 is 8.78 Å². The number of anilines is 2. The van der Waals surface area contributed by atoms with Crippen molar-refractivity contribution in [2.24, 2.45) is 0 Å². The van der Waals surface area contributed by atoms with Crippen molar-refractivity contribution in [3.05, 3.63) is 111 Å². The fraction of sp³-hybridized carbons (Fsp3) is 0.373. The molecule has 3 aromatic carbocycles. The van der Waals surface area contributed by atoms with Crippen LogP contribution in [0, 0.1) is 11.6 Å². The minimum Gasteiger partial charge on any atom is -0.493 e. The van der Waals surface area contributed by atoms with Crippen LogP contribution in [0.2, 0.25) is 5.02 Å². The molecule has 5 aromatic rings. The number of likely N-dealkylation sites (N-methyl/N-ethyl adjacent to an activating group) is 1. The summed E-state index contributed by atoms with van der Waals surface area (Å²) in [6.07, 6.45) is 7.78. The van der Waals surface area contributed by atoms with Gasteiger partial charge in [0.25, 0.3) is 11.8 Å². The Morgan fingerprint density at radius 1 is 1.00 bits per heavy atom. The van der Waals surface area contributed by atoms with E-state index in [0.717, 1.165) is 48.2 Å². The summed E-state index contributed by atoms with van der Waals surface area (Å²) in [6, 6.07) is 12.2. The van der Waals surface area contributed by atoms with Crippen molar-refractivity contribution in [3.8, 4) is 22.6 Å². The van der Waals surface area contributed by atoms with Gasteiger partial charge < -0.3 is 34.4 Å². The lowest BCUT2D eigenvalue weighted by Gasteiger charge is -2.50. The number of benzene rings is 3. The third-order valence-corrected chi connectivity index (χ3v) is 14.8. The molecule has 0 radical (unpaired) electrons. The zero-order chi connectivity index (χ0) is 48.5. The molecule has 6 heterocycles. The number of carbonyl (C=O) groups is 5. The van der Waals surface area contributed by atoms with E-state index < -0.39 is 29.6 Å². The maximum atomic E-state index is 16.8. The quantitative estimate of drug-likeness (QED) is 0.0534. The fourth-order valence-corrected chi connectivity index (χ4v) is 11.0. The maximum Gasteiger partial charge on any atom is 0.256 e. The van der Waals surface area contributed by atoms with Crippen molar-refractivity contribution in [1.82, 2.24) is 25.4 Å². The van der Waals surface area contributed by atoms with Crippen LogP contribution >= 0.6 is 22.9 Å². The molecule has 9 rings (SSSR count). The average Bonchev–Trinajstić information content (AvgIpc) is 3.89. The van der Waals surface area contributed by atoms with Crippen molar-refractivity contribution in [2.75, 3.05) is 43.1 Å². The van der Waals surface area contributed by atoms with Gasteiger partial charge in [0, 0.05) is 65.9 Å². The van der Waals surface area contributed by atoms with Crippen LogP contribution in [0.4, 0.5) is 20.2 Å². The van der Waals surface area contributed by atoms with Crippen LogP contribution in [-0.2, 0) is 38.9 Å². The summed E-state index contributed by atoms with van der Waals surface area (Å²) in [5.74, 6) is -2.05. The number of nitrogens with zero attached hydrogens (tertiary/aromatic N) is 5. The number of carbonyl (C=O) groups excluding carboxylic acids is 5. The highest BCUT2D eigenvalue weighted by Gasteiger charge is 2.45. The molecule has 2 aromatic heterocycles. The van der Waals surface area contributed by atoms with Gasteiger partial charge in [-0.2, -0.15) is 0 Å². The van der Waals surface area contributed by atoms with Crippen LogP contribution in [0.3, 0.4) is 0 Å². The lowest BCUT2D eigenvalue weighted by molar-refractivity contribution is -0.137. The van der Waals surface area contributed by atoms with Gasteiger partial charge in [-0.25, -0.2) is 8.78 Å². The Morgan fingerprint density at radius 3 is 2.57 bits per heavy atom. The van der Waals surface area contributed by atoms with Crippen LogP contribution in [0.5, 0.6) is 11.5 Å². The van der Waals surface area contributed by atoms with Gasteiger partial charge in [-0.05, 0) is 74.7 Å². The Bertz CT molecular complexity index is 2860. The number of ether oxygens (including phenoxy) is 2. The molecule has 2 fully saturated rings. The molecule has 2 N–H and O–H groups in total. The summed E-state index contributed by atoms with van der Waals surface area (Å²) in [5.41, 5.74) is 3.35. The summed E-state index contributed by atoms with van der Waals surface area (Å²) in [5, 5.41) is 7.98. The van der Waals surface area contributed by atoms with E-state index in [-0.39, 0.29) is 70.1 Å². The molecular weight excluding hydrogens is 928 g/mol. The highest BCUT2D eigenvalue weighted by atomic mass is 35.5. The molecule has 1 unspecified atom stereocenters. The second-order valence-electron chi connectivity index (χ2n) is 17.8. The molecule has 0 spiro atoms. The molecule has 0 bridgehead atoms. The van der Waals surface area contributed by atoms with Crippen molar-refractivity contribution in [1.29, 1.82) is 0 Å². The lowest BCUT2D eigenvalue weighted by atomic mass is 9.96. The Balaban J connectivity index is 0.728. The van der Waals surface area contributed by atoms with Crippen LogP contribution in [0.15, 0.2) is 72.8 Å². The van der Waals surface area contributed by atoms with E-state index in [9.17, 15) is 24.0 Å². The van der Waals surface area contributed by atoms with Gasteiger partial charge in [-0.3, -0.25) is 34.3 Å². The number of halogens is 3. The van der Waals surface area contributed by atoms with Crippen molar-refractivity contribution in [2.45, 2.75) is 89.7 Å². The SMILES string of the molecule is C=CC(=O)N1C[C@@H]2C(=O)N(C)c3cnc4c(F)c(-c5c(F)cccc5OCCCCCCCNCc5ccc(OCc6scc7c6CN(C6CCC(=O)NC6=O)C7=O)cc5)c(Cl)cc4c3N2C[C@H]1C. The number of unbranched alkanes of at least 4 members (excludes halogenated alkanes) is 4. The molecule has 3 atom stereocenters. The Labute approximate surface area is 407 Å². The summed E-state index contributed by atoms with van der Waals surface area (Å²) in [4.78, 5) is 75.1. The third kappa shape index (κ3) is 9.39. The van der Waals surface area contributed by atoms with Crippen molar-refractivity contribution in [3.63, 3.8) is 0 Å². The number of fused-ring (bicyclic) bond motifs is 6. The largest absolute Gasteiger partial charge is 0.493 e.